The topological polar surface area (TPSA) is 41.6 Å². The summed E-state index contributed by atoms with van der Waals surface area (Å²) < 4.78 is 35.6. The van der Waals surface area contributed by atoms with E-state index in [9.17, 15) is 13.2 Å². The number of nitrogens with zero attached hydrogens (tertiary/aromatic N) is 2. The van der Waals surface area contributed by atoms with Gasteiger partial charge in [-0.15, -0.1) is 24.0 Å². The quantitative estimate of drug-likeness (QED) is 0.345. The van der Waals surface area contributed by atoms with Crippen molar-refractivity contribution in [3.05, 3.63) is 0 Å². The molecule has 1 unspecified atom stereocenters. The Bertz CT molecular complexity index is 274. The Morgan fingerprint density at radius 1 is 1.50 bits per heavy atom. The van der Waals surface area contributed by atoms with Gasteiger partial charge in [-0.3, -0.25) is 4.99 Å². The van der Waals surface area contributed by atoms with Crippen LogP contribution in [0.2, 0.25) is 0 Å². The Morgan fingerprint density at radius 3 is 2.72 bits per heavy atom. The van der Waals surface area contributed by atoms with Crippen LogP contribution in [0.25, 0.3) is 0 Å². The molecule has 1 aliphatic heterocycles. The van der Waals surface area contributed by atoms with E-state index in [-0.39, 0.29) is 48.0 Å². The van der Waals surface area contributed by atoms with E-state index in [0.717, 1.165) is 19.5 Å². The highest BCUT2D eigenvalue weighted by Gasteiger charge is 2.27. The maximum atomic E-state index is 11.9. The van der Waals surface area contributed by atoms with E-state index >= 15 is 0 Å². The van der Waals surface area contributed by atoms with Crippen molar-refractivity contribution in [3.8, 4) is 0 Å². The van der Waals surface area contributed by atoms with Gasteiger partial charge in [0.15, 0.2) is 5.96 Å². The van der Waals surface area contributed by atoms with Gasteiger partial charge in [0.2, 0.25) is 0 Å². The van der Waals surface area contributed by atoms with Gasteiger partial charge in [-0.25, -0.2) is 0 Å². The first-order chi connectivity index (χ1) is 7.88. The lowest BCUT2D eigenvalue weighted by molar-refractivity contribution is -0.0327. The minimum absolute atomic E-state index is 0. The Balaban J connectivity index is 0.00000289. The molecule has 1 saturated heterocycles. The molecule has 3 nitrogen and oxygen atoms in total. The molecule has 8 heteroatoms. The highest BCUT2D eigenvalue weighted by Crippen LogP contribution is 2.29. The number of rotatable bonds is 3. The van der Waals surface area contributed by atoms with E-state index < -0.39 is 5.51 Å². The van der Waals surface area contributed by atoms with Gasteiger partial charge in [-0.1, -0.05) is 6.92 Å². The third-order valence-corrected chi connectivity index (χ3v) is 3.33. The van der Waals surface area contributed by atoms with Crippen LogP contribution in [-0.4, -0.2) is 41.8 Å². The first-order valence-corrected chi connectivity index (χ1v) is 6.62. The smallest absolute Gasteiger partial charge is 0.370 e. The van der Waals surface area contributed by atoms with Crippen molar-refractivity contribution >= 4 is 41.7 Å². The minimum atomic E-state index is -4.18. The summed E-state index contributed by atoms with van der Waals surface area (Å²) >= 11 is -0.0584. The van der Waals surface area contributed by atoms with E-state index in [1.165, 1.54) is 6.42 Å². The van der Waals surface area contributed by atoms with Crippen molar-refractivity contribution in [1.82, 2.24) is 4.90 Å². The van der Waals surface area contributed by atoms with Crippen molar-refractivity contribution < 1.29 is 13.2 Å². The Kier molecular flexibility index (Phi) is 8.40. The summed E-state index contributed by atoms with van der Waals surface area (Å²) in [7, 11) is 0. The molecule has 1 rings (SSSR count). The van der Waals surface area contributed by atoms with Gasteiger partial charge in [-0.05, 0) is 30.5 Å². The molecule has 1 heterocycles. The third-order valence-electron chi connectivity index (χ3n) is 2.61. The van der Waals surface area contributed by atoms with Crippen molar-refractivity contribution in [2.24, 2.45) is 16.6 Å². The molecule has 0 aromatic rings. The monoisotopic (exact) mass is 397 g/mol. The highest BCUT2D eigenvalue weighted by molar-refractivity contribution is 14.0. The summed E-state index contributed by atoms with van der Waals surface area (Å²) in [5.74, 6) is 0.870. The fourth-order valence-corrected chi connectivity index (χ4v) is 2.23. The van der Waals surface area contributed by atoms with Crippen LogP contribution in [0.5, 0.6) is 0 Å². The summed E-state index contributed by atoms with van der Waals surface area (Å²) in [5, 5.41) is 0. The van der Waals surface area contributed by atoms with Crippen LogP contribution >= 0.6 is 35.7 Å². The summed E-state index contributed by atoms with van der Waals surface area (Å²) in [5.41, 5.74) is 1.57. The molecular formula is C10H19F3IN3S. The third kappa shape index (κ3) is 7.55. The maximum Gasteiger partial charge on any atom is 0.441 e. The fourth-order valence-electron chi connectivity index (χ4n) is 1.82. The number of hydrogen-bond donors (Lipinski definition) is 1. The first-order valence-electron chi connectivity index (χ1n) is 5.64. The molecular weight excluding hydrogens is 378 g/mol. The zero-order chi connectivity index (χ0) is 12.9. The zero-order valence-electron chi connectivity index (χ0n) is 10.2. The number of thioether (sulfide) groups is 1. The van der Waals surface area contributed by atoms with Gasteiger partial charge in [0.05, 0.1) is 6.54 Å². The van der Waals surface area contributed by atoms with E-state index in [2.05, 4.69) is 11.9 Å². The number of nitrogens with two attached hydrogens (primary N) is 1. The first kappa shape index (κ1) is 18.1. The normalized spacial score (nSPS) is 21.7. The maximum absolute atomic E-state index is 11.9. The molecule has 1 aliphatic rings. The molecule has 2 N–H and O–H groups in total. The van der Waals surface area contributed by atoms with E-state index in [1.807, 2.05) is 4.90 Å². The molecule has 0 radical (unpaired) electrons. The Hall–Kier alpha value is 0.140. The number of alkyl halides is 3. The molecule has 0 amide bonds. The highest BCUT2D eigenvalue weighted by atomic mass is 127. The number of halogens is 4. The minimum Gasteiger partial charge on any atom is -0.370 e. The SMILES string of the molecule is CC1CCCN(C(N)=NCCSC(F)(F)F)C1.I. The number of guanidine groups is 1. The van der Waals surface area contributed by atoms with Crippen molar-refractivity contribution in [3.63, 3.8) is 0 Å². The predicted molar refractivity (Wildman–Crippen MR) is 80.4 cm³/mol. The summed E-state index contributed by atoms with van der Waals surface area (Å²) in [4.78, 5) is 5.94. The lowest BCUT2D eigenvalue weighted by Gasteiger charge is -2.31. The van der Waals surface area contributed by atoms with Crippen LogP contribution in [0.4, 0.5) is 13.2 Å². The van der Waals surface area contributed by atoms with Crippen molar-refractivity contribution in [1.29, 1.82) is 0 Å². The molecule has 1 atom stereocenters. The molecule has 1 fully saturated rings. The van der Waals surface area contributed by atoms with Crippen LogP contribution < -0.4 is 5.73 Å². The van der Waals surface area contributed by atoms with Crippen molar-refractivity contribution in [2.75, 3.05) is 25.4 Å². The lowest BCUT2D eigenvalue weighted by atomic mass is 10.0. The molecule has 0 aromatic heterocycles. The molecule has 0 bridgehead atoms. The summed E-state index contributed by atoms with van der Waals surface area (Å²) in [6.45, 7) is 3.95. The second-order valence-electron chi connectivity index (χ2n) is 4.23. The number of hydrogen-bond acceptors (Lipinski definition) is 2. The van der Waals surface area contributed by atoms with E-state index in [1.54, 1.807) is 0 Å². The summed E-state index contributed by atoms with van der Waals surface area (Å²) in [6.07, 6.45) is 2.24. The molecule has 0 saturated carbocycles. The molecule has 0 aliphatic carbocycles. The van der Waals surface area contributed by atoms with E-state index in [0.29, 0.717) is 11.9 Å². The molecule has 0 aromatic carbocycles. The Morgan fingerprint density at radius 2 is 2.17 bits per heavy atom. The van der Waals surface area contributed by atoms with Gasteiger partial charge in [0.25, 0.3) is 0 Å². The second kappa shape index (κ2) is 8.34. The average Bonchev–Trinajstić information content (AvgIpc) is 2.23. The largest absolute Gasteiger partial charge is 0.441 e. The second-order valence-corrected chi connectivity index (χ2v) is 5.39. The standard InChI is InChI=1S/C10H18F3N3S.HI/c1-8-3-2-5-16(7-8)9(14)15-4-6-17-10(11,12)13;/h8H,2-7H2,1H3,(H2,14,15);1H. The number of piperidine rings is 1. The van der Waals surface area contributed by atoms with Gasteiger partial charge in [0, 0.05) is 18.8 Å². The van der Waals surface area contributed by atoms with Gasteiger partial charge in [0.1, 0.15) is 0 Å². The van der Waals surface area contributed by atoms with Gasteiger partial charge in [-0.2, -0.15) is 13.2 Å². The zero-order valence-corrected chi connectivity index (χ0v) is 13.4. The number of aliphatic imine (C=N–C) groups is 1. The van der Waals surface area contributed by atoms with Crippen LogP contribution in [0.15, 0.2) is 4.99 Å². The van der Waals surface area contributed by atoms with Crippen LogP contribution in [0, 0.1) is 5.92 Å². The summed E-state index contributed by atoms with van der Waals surface area (Å²) in [6, 6.07) is 0. The number of likely N-dealkylation sites (tertiary alicyclic amines) is 1. The fraction of sp³-hybridized carbons (Fsp3) is 0.900. The van der Waals surface area contributed by atoms with E-state index in [4.69, 9.17) is 5.73 Å². The van der Waals surface area contributed by atoms with Crippen LogP contribution in [0.3, 0.4) is 0 Å². The van der Waals surface area contributed by atoms with Crippen LogP contribution in [0.1, 0.15) is 19.8 Å². The lowest BCUT2D eigenvalue weighted by Crippen LogP contribution is -2.43. The molecule has 0 spiro atoms. The van der Waals surface area contributed by atoms with Gasteiger partial charge < -0.3 is 10.6 Å². The molecule has 108 valence electrons. The Labute approximate surface area is 127 Å². The predicted octanol–water partition coefficient (Wildman–Crippen LogP) is 2.90. The van der Waals surface area contributed by atoms with Crippen molar-refractivity contribution in [2.45, 2.75) is 25.3 Å². The van der Waals surface area contributed by atoms with Gasteiger partial charge >= 0.3 is 5.51 Å². The average molecular weight is 397 g/mol. The molecule has 18 heavy (non-hydrogen) atoms. The van der Waals surface area contributed by atoms with Crippen LogP contribution in [-0.2, 0) is 0 Å².